The van der Waals surface area contributed by atoms with Crippen LogP contribution in [0.15, 0.2) is 212 Å². The van der Waals surface area contributed by atoms with Crippen molar-refractivity contribution in [1.82, 2.24) is 0 Å². The van der Waals surface area contributed by atoms with Gasteiger partial charge in [-0.1, -0.05) is 240 Å². The van der Waals surface area contributed by atoms with Crippen LogP contribution in [0.2, 0.25) is 0 Å². The van der Waals surface area contributed by atoms with Crippen LogP contribution >= 0.6 is 0 Å². The van der Waals surface area contributed by atoms with Crippen LogP contribution in [0, 0.1) is 5.41 Å². The highest BCUT2D eigenvalue weighted by molar-refractivity contribution is 6.08. The van der Waals surface area contributed by atoms with Crippen molar-refractivity contribution in [2.24, 2.45) is 5.41 Å². The molecule has 330 valence electrons. The molecule has 0 N–H and O–H groups in total. The van der Waals surface area contributed by atoms with E-state index in [2.05, 4.69) is 247 Å². The maximum atomic E-state index is 2.48. The highest BCUT2D eigenvalue weighted by atomic mass is 14.4. The van der Waals surface area contributed by atoms with E-state index >= 15 is 0 Å². The summed E-state index contributed by atoms with van der Waals surface area (Å²) in [5, 5.41) is 5.37. The van der Waals surface area contributed by atoms with Crippen LogP contribution in [0.3, 0.4) is 0 Å². The van der Waals surface area contributed by atoms with Gasteiger partial charge in [-0.2, -0.15) is 0 Å². The lowest BCUT2D eigenvalue weighted by Crippen LogP contribution is -2.15. The molecule has 10 aromatic carbocycles. The Kier molecular flexibility index (Phi) is 9.37. The Morgan fingerprint density at radius 2 is 0.870 bits per heavy atom. The molecule has 0 heterocycles. The highest BCUT2D eigenvalue weighted by Crippen LogP contribution is 2.51. The summed E-state index contributed by atoms with van der Waals surface area (Å²) in [6.45, 7) is 11.8. The molecule has 0 heteroatoms. The molecule has 0 atom stereocenters. The summed E-state index contributed by atoms with van der Waals surface area (Å²) in [6.07, 6.45) is 7.00. The first-order valence-corrected chi connectivity index (χ1v) is 24.7. The summed E-state index contributed by atoms with van der Waals surface area (Å²) >= 11 is 0. The van der Waals surface area contributed by atoms with E-state index in [1.807, 2.05) is 0 Å². The Morgan fingerprint density at radius 3 is 1.42 bits per heavy atom. The molecule has 10 aromatic rings. The first kappa shape index (κ1) is 41.4. The zero-order chi connectivity index (χ0) is 46.6. The predicted octanol–water partition coefficient (Wildman–Crippen LogP) is 19.1. The summed E-state index contributed by atoms with van der Waals surface area (Å²) in [4.78, 5) is 0. The molecule has 0 fully saturated rings. The fourth-order valence-electron chi connectivity index (χ4n) is 11.8. The van der Waals surface area contributed by atoms with E-state index in [1.165, 1.54) is 138 Å². The molecule has 0 nitrogen and oxygen atoms in total. The maximum absolute atomic E-state index is 2.48. The van der Waals surface area contributed by atoms with Crippen LogP contribution < -0.4 is 0 Å². The molecule has 0 spiro atoms. The zero-order valence-corrected chi connectivity index (χ0v) is 40.1. The van der Waals surface area contributed by atoms with Gasteiger partial charge in [0.15, 0.2) is 0 Å². The SMILES string of the molecule is CC(C)(C)C1=Cc2ccc3c(-c4ccc(-c5ccc(-c6ccc7c(c6)C(C)(C)c6cc(-c8ccc(-c9ccc(-c%10cccc%11ccccc%10%11)cc9)cc8)ccc6-7)cc5)cc4)ccc4c3c2C(=CC4)C1. The largest absolute Gasteiger partial charge is 0.0759 e. The molecule has 0 saturated carbocycles. The Morgan fingerprint density at radius 1 is 0.406 bits per heavy atom. The highest BCUT2D eigenvalue weighted by Gasteiger charge is 2.36. The quantitative estimate of drug-likeness (QED) is 0.156. The van der Waals surface area contributed by atoms with Crippen molar-refractivity contribution >= 4 is 33.2 Å². The van der Waals surface area contributed by atoms with Crippen LogP contribution in [-0.2, 0) is 11.8 Å². The van der Waals surface area contributed by atoms with E-state index in [9.17, 15) is 0 Å². The van der Waals surface area contributed by atoms with Crippen molar-refractivity contribution < 1.29 is 0 Å². The molecule has 0 amide bonds. The third kappa shape index (κ3) is 6.88. The van der Waals surface area contributed by atoms with Crippen molar-refractivity contribution in [1.29, 1.82) is 0 Å². The van der Waals surface area contributed by atoms with Gasteiger partial charge in [0, 0.05) is 5.41 Å². The summed E-state index contributed by atoms with van der Waals surface area (Å²) in [5.74, 6) is 0. The summed E-state index contributed by atoms with van der Waals surface area (Å²) in [7, 11) is 0. The van der Waals surface area contributed by atoms with Gasteiger partial charge in [-0.3, -0.25) is 0 Å². The van der Waals surface area contributed by atoms with Crippen molar-refractivity contribution in [3.8, 4) is 77.9 Å². The molecule has 0 saturated heterocycles. The van der Waals surface area contributed by atoms with Gasteiger partial charge < -0.3 is 0 Å². The second kappa shape index (κ2) is 15.6. The Hall–Kier alpha value is -7.80. The van der Waals surface area contributed by atoms with E-state index < -0.39 is 0 Å². The minimum Gasteiger partial charge on any atom is -0.0759 e. The first-order chi connectivity index (χ1) is 33.5. The summed E-state index contributed by atoms with van der Waals surface area (Å²) in [6, 6.07) is 75.2. The van der Waals surface area contributed by atoms with Crippen LogP contribution in [0.4, 0.5) is 0 Å². The molecular formula is C69H54. The van der Waals surface area contributed by atoms with E-state index in [1.54, 1.807) is 0 Å². The minimum absolute atomic E-state index is 0.127. The average molecular weight is 883 g/mol. The third-order valence-corrected chi connectivity index (χ3v) is 15.8. The molecule has 0 radical (unpaired) electrons. The van der Waals surface area contributed by atoms with Gasteiger partial charge in [-0.15, -0.1) is 0 Å². The average Bonchev–Trinajstić information content (AvgIpc) is 3.62. The monoisotopic (exact) mass is 882 g/mol. The smallest absolute Gasteiger partial charge is 0.0159 e. The second-order valence-corrected chi connectivity index (χ2v) is 21.2. The van der Waals surface area contributed by atoms with Crippen molar-refractivity contribution in [3.63, 3.8) is 0 Å². The van der Waals surface area contributed by atoms with E-state index in [-0.39, 0.29) is 10.8 Å². The first-order valence-electron chi connectivity index (χ1n) is 24.7. The molecular weight excluding hydrogens is 829 g/mol. The topological polar surface area (TPSA) is 0 Å². The third-order valence-electron chi connectivity index (χ3n) is 15.8. The lowest BCUT2D eigenvalue weighted by molar-refractivity contribution is 0.498. The van der Waals surface area contributed by atoms with Crippen LogP contribution in [0.25, 0.3) is 111 Å². The molecule has 0 bridgehead atoms. The van der Waals surface area contributed by atoms with Crippen LogP contribution in [0.1, 0.15) is 68.9 Å². The second-order valence-electron chi connectivity index (χ2n) is 21.2. The Labute approximate surface area is 407 Å². The van der Waals surface area contributed by atoms with E-state index in [4.69, 9.17) is 0 Å². The fraction of sp³-hybridized carbons (Fsp3) is 0.130. The molecule has 69 heavy (non-hydrogen) atoms. The number of hydrogen-bond donors (Lipinski definition) is 0. The molecule has 13 rings (SSSR count). The lowest BCUT2D eigenvalue weighted by Gasteiger charge is -2.32. The van der Waals surface area contributed by atoms with Gasteiger partial charge in [-0.25, -0.2) is 0 Å². The van der Waals surface area contributed by atoms with Crippen LogP contribution in [0.5, 0.6) is 0 Å². The predicted molar refractivity (Wildman–Crippen MR) is 295 cm³/mol. The molecule has 0 aromatic heterocycles. The number of fused-ring (bicyclic) bond motifs is 4. The molecule has 3 aliphatic carbocycles. The Balaban J connectivity index is 0.725. The van der Waals surface area contributed by atoms with Gasteiger partial charge in [-0.05, 0) is 163 Å². The normalized spacial score (nSPS) is 14.3. The lowest BCUT2D eigenvalue weighted by atomic mass is 9.72. The van der Waals surface area contributed by atoms with Crippen molar-refractivity contribution in [3.05, 3.63) is 240 Å². The van der Waals surface area contributed by atoms with Crippen molar-refractivity contribution in [2.75, 3.05) is 0 Å². The molecule has 0 aliphatic heterocycles. The number of benzene rings is 10. The number of hydrogen-bond acceptors (Lipinski definition) is 0. The van der Waals surface area contributed by atoms with E-state index in [0.29, 0.717) is 0 Å². The van der Waals surface area contributed by atoms with Gasteiger partial charge in [0.1, 0.15) is 0 Å². The molecule has 3 aliphatic rings. The van der Waals surface area contributed by atoms with Gasteiger partial charge in [0.05, 0.1) is 0 Å². The van der Waals surface area contributed by atoms with E-state index in [0.717, 1.165) is 12.8 Å². The minimum atomic E-state index is -0.127. The molecule has 0 unspecified atom stereocenters. The van der Waals surface area contributed by atoms with Crippen LogP contribution in [-0.4, -0.2) is 0 Å². The van der Waals surface area contributed by atoms with Gasteiger partial charge >= 0.3 is 0 Å². The fourth-order valence-corrected chi connectivity index (χ4v) is 11.8. The number of rotatable bonds is 6. The van der Waals surface area contributed by atoms with Gasteiger partial charge in [0.2, 0.25) is 0 Å². The maximum Gasteiger partial charge on any atom is 0.0159 e. The zero-order valence-electron chi connectivity index (χ0n) is 40.1. The summed E-state index contributed by atoms with van der Waals surface area (Å²) in [5.41, 5.74) is 27.8. The number of allylic oxidation sites excluding steroid dienone is 3. The van der Waals surface area contributed by atoms with Crippen molar-refractivity contribution in [2.45, 2.75) is 52.9 Å². The summed E-state index contributed by atoms with van der Waals surface area (Å²) < 4.78 is 0. The standard InChI is InChI=1S/C69H54/c1-68(2,3)57-39-55-30-29-52-31-35-60(63-38-34-56(40-57)66(55)67(52)63)51-27-23-46(24-28-51)44-15-19-48(20-16-44)54-33-37-62-61-36-32-53(41-64(61)69(4,5)65(62)42-54)47-17-13-43(14-18-47)45-21-25-50(26-22-45)59-12-8-10-49-9-6-7-11-58(49)59/h6-28,30-38,40-42H,29,39H2,1-5H3. The Bertz CT molecular complexity index is 3760. The van der Waals surface area contributed by atoms with Gasteiger partial charge in [0.25, 0.3) is 0 Å².